The van der Waals surface area contributed by atoms with Crippen LogP contribution in [-0.4, -0.2) is 24.4 Å². The van der Waals surface area contributed by atoms with E-state index >= 15 is 0 Å². The van der Waals surface area contributed by atoms with Crippen LogP contribution in [0.5, 0.6) is 0 Å². The maximum Gasteiger partial charge on any atom is 0.146 e. The smallest absolute Gasteiger partial charge is 0.146 e. The van der Waals surface area contributed by atoms with Crippen molar-refractivity contribution in [3.8, 4) is 6.07 Å². The average Bonchev–Trinajstić information content (AvgIpc) is 2.65. The van der Waals surface area contributed by atoms with Crippen LogP contribution >= 0.6 is 0 Å². The largest absolute Gasteiger partial charge is 0.396 e. The normalized spacial score (nSPS) is 20.0. The molecule has 1 fully saturated rings. The number of aliphatic hydroxyl groups excluding tert-OH is 1. The quantitative estimate of drug-likeness (QED) is 0.657. The van der Waals surface area contributed by atoms with Crippen LogP contribution in [-0.2, 0) is 4.74 Å². The molecule has 1 rings (SSSR count). The zero-order valence-electron chi connectivity index (χ0n) is 7.91. The molecule has 1 unspecified atom stereocenters. The highest BCUT2D eigenvalue weighted by Gasteiger charge is 2.25. The Morgan fingerprint density at radius 1 is 1.46 bits per heavy atom. The highest BCUT2D eigenvalue weighted by molar-refractivity contribution is 4.91. The summed E-state index contributed by atoms with van der Waals surface area (Å²) in [5.41, 5.74) is 0. The van der Waals surface area contributed by atoms with Crippen LogP contribution in [0.15, 0.2) is 0 Å². The monoisotopic (exact) mass is 183 g/mol. The molecule has 0 aromatic rings. The van der Waals surface area contributed by atoms with E-state index in [4.69, 9.17) is 15.1 Å². The van der Waals surface area contributed by atoms with E-state index in [0.29, 0.717) is 18.9 Å². The van der Waals surface area contributed by atoms with E-state index in [1.54, 1.807) is 0 Å². The SMILES string of the molecule is N#CC(OCCCO)C1CCCC1. The number of hydrogen-bond donors (Lipinski definition) is 1. The molecule has 0 aromatic carbocycles. The minimum Gasteiger partial charge on any atom is -0.396 e. The van der Waals surface area contributed by atoms with Gasteiger partial charge in [-0.1, -0.05) is 12.8 Å². The summed E-state index contributed by atoms with van der Waals surface area (Å²) < 4.78 is 5.39. The van der Waals surface area contributed by atoms with Crippen LogP contribution in [0.3, 0.4) is 0 Å². The summed E-state index contributed by atoms with van der Waals surface area (Å²) in [5.74, 6) is 0.434. The maximum absolute atomic E-state index is 8.85. The second kappa shape index (κ2) is 5.95. The number of rotatable bonds is 5. The second-order valence-corrected chi connectivity index (χ2v) is 3.54. The van der Waals surface area contributed by atoms with Crippen LogP contribution < -0.4 is 0 Å². The fourth-order valence-electron chi connectivity index (χ4n) is 1.81. The molecule has 0 heterocycles. The first-order valence-electron chi connectivity index (χ1n) is 5.00. The van der Waals surface area contributed by atoms with E-state index in [-0.39, 0.29) is 12.7 Å². The summed E-state index contributed by atoms with van der Waals surface area (Å²) in [5, 5.41) is 17.4. The van der Waals surface area contributed by atoms with Gasteiger partial charge in [-0.25, -0.2) is 0 Å². The molecular weight excluding hydrogens is 166 g/mol. The van der Waals surface area contributed by atoms with Crippen molar-refractivity contribution in [1.29, 1.82) is 5.26 Å². The summed E-state index contributed by atoms with van der Waals surface area (Å²) in [4.78, 5) is 0. The molecule has 0 radical (unpaired) electrons. The topological polar surface area (TPSA) is 53.2 Å². The van der Waals surface area contributed by atoms with Crippen LogP contribution in [0.2, 0.25) is 0 Å². The number of aliphatic hydroxyl groups is 1. The Balaban J connectivity index is 2.22. The summed E-state index contributed by atoms with van der Waals surface area (Å²) in [6.07, 6.45) is 5.09. The minimum atomic E-state index is -0.242. The minimum absolute atomic E-state index is 0.142. The molecule has 1 aliphatic rings. The Bertz CT molecular complexity index is 170. The van der Waals surface area contributed by atoms with Crippen molar-refractivity contribution in [1.82, 2.24) is 0 Å². The predicted octanol–water partition coefficient (Wildman–Crippen LogP) is 1.47. The molecule has 1 aliphatic carbocycles. The van der Waals surface area contributed by atoms with Crippen molar-refractivity contribution < 1.29 is 9.84 Å². The molecule has 0 bridgehead atoms. The zero-order valence-corrected chi connectivity index (χ0v) is 7.91. The molecule has 1 N–H and O–H groups in total. The van der Waals surface area contributed by atoms with Crippen LogP contribution in [0, 0.1) is 17.2 Å². The first kappa shape index (κ1) is 10.5. The molecule has 13 heavy (non-hydrogen) atoms. The van der Waals surface area contributed by atoms with Crippen molar-refractivity contribution in [3.63, 3.8) is 0 Å². The van der Waals surface area contributed by atoms with Gasteiger partial charge < -0.3 is 9.84 Å². The van der Waals surface area contributed by atoms with Gasteiger partial charge >= 0.3 is 0 Å². The van der Waals surface area contributed by atoms with Crippen LogP contribution in [0.4, 0.5) is 0 Å². The fourth-order valence-corrected chi connectivity index (χ4v) is 1.81. The van der Waals surface area contributed by atoms with Gasteiger partial charge in [0.25, 0.3) is 0 Å². The van der Waals surface area contributed by atoms with Gasteiger partial charge in [0.1, 0.15) is 6.10 Å². The van der Waals surface area contributed by atoms with Gasteiger partial charge in [-0.15, -0.1) is 0 Å². The lowest BCUT2D eigenvalue weighted by Gasteiger charge is -2.16. The fraction of sp³-hybridized carbons (Fsp3) is 0.900. The molecule has 0 aromatic heterocycles. The molecule has 0 saturated heterocycles. The van der Waals surface area contributed by atoms with Crippen molar-refractivity contribution in [2.24, 2.45) is 5.92 Å². The van der Waals surface area contributed by atoms with Crippen molar-refractivity contribution in [2.45, 2.75) is 38.2 Å². The van der Waals surface area contributed by atoms with E-state index in [0.717, 1.165) is 12.8 Å². The Kier molecular flexibility index (Phi) is 4.81. The lowest BCUT2D eigenvalue weighted by molar-refractivity contribution is 0.0429. The Hall–Kier alpha value is -0.590. The molecule has 0 aliphatic heterocycles. The lowest BCUT2D eigenvalue weighted by atomic mass is 10.0. The van der Waals surface area contributed by atoms with E-state index in [1.165, 1.54) is 12.8 Å². The Morgan fingerprint density at radius 2 is 2.15 bits per heavy atom. The molecule has 3 nitrogen and oxygen atoms in total. The van der Waals surface area contributed by atoms with Crippen LogP contribution in [0.1, 0.15) is 32.1 Å². The van der Waals surface area contributed by atoms with Crippen molar-refractivity contribution >= 4 is 0 Å². The maximum atomic E-state index is 8.85. The third kappa shape index (κ3) is 3.33. The number of hydrogen-bond acceptors (Lipinski definition) is 3. The van der Waals surface area contributed by atoms with Gasteiger partial charge in [-0.2, -0.15) is 5.26 Å². The van der Waals surface area contributed by atoms with Gasteiger partial charge in [0, 0.05) is 6.61 Å². The van der Waals surface area contributed by atoms with Crippen LogP contribution in [0.25, 0.3) is 0 Å². The number of nitrogens with zero attached hydrogens (tertiary/aromatic N) is 1. The molecular formula is C10H17NO2. The Morgan fingerprint density at radius 3 is 2.69 bits per heavy atom. The highest BCUT2D eigenvalue weighted by Crippen LogP contribution is 2.28. The highest BCUT2D eigenvalue weighted by atomic mass is 16.5. The molecule has 0 amide bonds. The van der Waals surface area contributed by atoms with Gasteiger partial charge in [-0.3, -0.25) is 0 Å². The van der Waals surface area contributed by atoms with Crippen molar-refractivity contribution in [3.05, 3.63) is 0 Å². The third-order valence-electron chi connectivity index (χ3n) is 2.56. The first-order chi connectivity index (χ1) is 6.38. The first-order valence-corrected chi connectivity index (χ1v) is 5.00. The van der Waals surface area contributed by atoms with E-state index in [1.807, 2.05) is 0 Å². The average molecular weight is 183 g/mol. The van der Waals surface area contributed by atoms with Gasteiger partial charge in [0.15, 0.2) is 0 Å². The van der Waals surface area contributed by atoms with E-state index in [9.17, 15) is 0 Å². The third-order valence-corrected chi connectivity index (χ3v) is 2.56. The molecule has 0 spiro atoms. The van der Waals surface area contributed by atoms with Gasteiger partial charge in [0.2, 0.25) is 0 Å². The predicted molar refractivity (Wildman–Crippen MR) is 49.0 cm³/mol. The zero-order chi connectivity index (χ0) is 9.52. The summed E-state index contributed by atoms with van der Waals surface area (Å²) in [6.45, 7) is 0.647. The number of nitriles is 1. The summed E-state index contributed by atoms with van der Waals surface area (Å²) in [7, 11) is 0. The molecule has 74 valence electrons. The summed E-state index contributed by atoms with van der Waals surface area (Å²) >= 11 is 0. The van der Waals surface area contributed by atoms with E-state index in [2.05, 4.69) is 6.07 Å². The van der Waals surface area contributed by atoms with Gasteiger partial charge in [0.05, 0.1) is 12.7 Å². The number of ether oxygens (including phenoxy) is 1. The summed E-state index contributed by atoms with van der Waals surface area (Å²) in [6, 6.07) is 2.20. The molecule has 1 saturated carbocycles. The van der Waals surface area contributed by atoms with Gasteiger partial charge in [-0.05, 0) is 25.2 Å². The molecule has 3 heteroatoms. The van der Waals surface area contributed by atoms with Crippen molar-refractivity contribution in [2.75, 3.05) is 13.2 Å². The Labute approximate surface area is 79.3 Å². The van der Waals surface area contributed by atoms with E-state index < -0.39 is 0 Å². The second-order valence-electron chi connectivity index (χ2n) is 3.54. The lowest BCUT2D eigenvalue weighted by Crippen LogP contribution is -2.20. The standard InChI is InChI=1S/C10H17NO2/c11-8-10(13-7-3-6-12)9-4-1-2-5-9/h9-10,12H,1-7H2. The molecule has 1 atom stereocenters.